The summed E-state index contributed by atoms with van der Waals surface area (Å²) in [5, 5.41) is 30.0. The van der Waals surface area contributed by atoms with Crippen molar-refractivity contribution >= 4 is 0 Å². The van der Waals surface area contributed by atoms with Gasteiger partial charge in [0.2, 0.25) is 0 Å². The van der Waals surface area contributed by atoms with Gasteiger partial charge in [-0.05, 0) is 86.7 Å². The highest BCUT2D eigenvalue weighted by Gasteiger charge is 2.50. The molecule has 4 heteroatoms. The van der Waals surface area contributed by atoms with Gasteiger partial charge in [0.05, 0.1) is 24.4 Å². The molecule has 30 heavy (non-hydrogen) atoms. The molecule has 3 rings (SSSR count). The monoisotopic (exact) mass is 418 g/mol. The van der Waals surface area contributed by atoms with Crippen LogP contribution in [0.25, 0.3) is 0 Å². The molecule has 4 nitrogen and oxygen atoms in total. The van der Waals surface area contributed by atoms with Crippen molar-refractivity contribution in [3.8, 4) is 0 Å². The van der Waals surface area contributed by atoms with E-state index < -0.39 is 17.8 Å². The first-order valence-corrected chi connectivity index (χ1v) is 11.8. The first-order valence-electron chi connectivity index (χ1n) is 11.8. The summed E-state index contributed by atoms with van der Waals surface area (Å²) in [7, 11) is 0. The van der Waals surface area contributed by atoms with Crippen molar-refractivity contribution < 1.29 is 20.1 Å². The summed E-state index contributed by atoms with van der Waals surface area (Å²) in [6.45, 7) is 13.5. The fraction of sp³-hybridized carbons (Fsp3) is 0.769. The van der Waals surface area contributed by atoms with Crippen LogP contribution in [0.5, 0.6) is 0 Å². The first kappa shape index (κ1) is 23.7. The Bertz CT molecular complexity index is 686. The van der Waals surface area contributed by atoms with E-state index in [4.69, 9.17) is 4.74 Å². The number of hydrogen-bond donors (Lipinski definition) is 3. The highest BCUT2D eigenvalue weighted by molar-refractivity contribution is 5.38. The van der Waals surface area contributed by atoms with Crippen LogP contribution in [0.3, 0.4) is 0 Å². The van der Waals surface area contributed by atoms with E-state index in [1.54, 1.807) is 13.8 Å². The summed E-state index contributed by atoms with van der Waals surface area (Å²) in [6.07, 6.45) is 10.3. The van der Waals surface area contributed by atoms with Crippen LogP contribution in [0.15, 0.2) is 35.5 Å². The number of aliphatic hydroxyl groups is 3. The zero-order valence-electron chi connectivity index (χ0n) is 19.4. The minimum Gasteiger partial charge on any atom is -0.393 e. The average molecular weight is 419 g/mol. The number of fused-ring (bicyclic) bond motifs is 1. The Hall–Kier alpha value is -0.940. The molecule has 0 spiro atoms. The quantitative estimate of drug-likeness (QED) is 0.592. The molecular formula is C26H42O4. The van der Waals surface area contributed by atoms with Gasteiger partial charge in [0.25, 0.3) is 0 Å². The van der Waals surface area contributed by atoms with Crippen LogP contribution >= 0.6 is 0 Å². The molecular weight excluding hydrogens is 376 g/mol. The van der Waals surface area contributed by atoms with Crippen molar-refractivity contribution in [2.24, 2.45) is 23.2 Å². The SMILES string of the molecule is C=C1/C(=C/C=C2/CCC[C@]3(C)[C@@H](C(C)COCC(C)(C)O)CC[C@@H]23)C[C@@H](O)C[C@@H]1O. The molecule has 3 aliphatic carbocycles. The lowest BCUT2D eigenvalue weighted by Gasteiger charge is -2.44. The number of ether oxygens (including phenoxy) is 1. The Balaban J connectivity index is 1.70. The van der Waals surface area contributed by atoms with Crippen LogP contribution < -0.4 is 0 Å². The molecule has 0 amide bonds. The van der Waals surface area contributed by atoms with Gasteiger partial charge >= 0.3 is 0 Å². The second kappa shape index (κ2) is 9.28. The molecule has 3 fully saturated rings. The number of rotatable bonds is 6. The molecule has 0 saturated heterocycles. The van der Waals surface area contributed by atoms with Crippen LogP contribution in [0.2, 0.25) is 0 Å². The molecule has 3 N–H and O–H groups in total. The maximum Gasteiger partial charge on any atom is 0.0824 e. The normalized spacial score (nSPS) is 38.8. The molecule has 6 atom stereocenters. The summed E-state index contributed by atoms with van der Waals surface area (Å²) in [5.74, 6) is 1.70. The van der Waals surface area contributed by atoms with Crippen LogP contribution in [0, 0.1) is 23.2 Å². The molecule has 170 valence electrons. The van der Waals surface area contributed by atoms with E-state index in [-0.39, 0.29) is 0 Å². The lowest BCUT2D eigenvalue weighted by molar-refractivity contribution is -0.0424. The molecule has 0 aromatic rings. The summed E-state index contributed by atoms with van der Waals surface area (Å²) < 4.78 is 5.85. The Morgan fingerprint density at radius 2 is 2.00 bits per heavy atom. The molecule has 0 aliphatic heterocycles. The summed E-state index contributed by atoms with van der Waals surface area (Å²) in [5.41, 5.74) is 2.79. The fourth-order valence-electron chi connectivity index (χ4n) is 6.29. The smallest absolute Gasteiger partial charge is 0.0824 e. The Kier molecular flexibility index (Phi) is 7.33. The number of allylic oxidation sites excluding steroid dienone is 3. The van der Waals surface area contributed by atoms with Gasteiger partial charge in [-0.3, -0.25) is 0 Å². The van der Waals surface area contributed by atoms with Crippen molar-refractivity contribution in [2.75, 3.05) is 13.2 Å². The molecule has 0 aromatic heterocycles. The van der Waals surface area contributed by atoms with Gasteiger partial charge in [0.1, 0.15) is 0 Å². The minimum absolute atomic E-state index is 0.294. The molecule has 0 aromatic carbocycles. The van der Waals surface area contributed by atoms with Gasteiger partial charge in [-0.15, -0.1) is 0 Å². The van der Waals surface area contributed by atoms with Gasteiger partial charge in [-0.25, -0.2) is 0 Å². The Labute approximate surface area is 182 Å². The molecule has 3 aliphatic rings. The third-order valence-electron chi connectivity index (χ3n) is 7.83. The predicted molar refractivity (Wildman–Crippen MR) is 121 cm³/mol. The summed E-state index contributed by atoms with van der Waals surface area (Å²) in [4.78, 5) is 0. The van der Waals surface area contributed by atoms with E-state index in [1.165, 1.54) is 31.3 Å². The summed E-state index contributed by atoms with van der Waals surface area (Å²) in [6, 6.07) is 0. The van der Waals surface area contributed by atoms with Crippen molar-refractivity contribution in [3.05, 3.63) is 35.5 Å². The second-order valence-corrected chi connectivity index (χ2v) is 11.0. The van der Waals surface area contributed by atoms with E-state index in [0.29, 0.717) is 49.2 Å². The van der Waals surface area contributed by atoms with Crippen molar-refractivity contribution in [1.29, 1.82) is 0 Å². The molecule has 0 heterocycles. The lowest BCUT2D eigenvalue weighted by Crippen LogP contribution is -2.37. The van der Waals surface area contributed by atoms with Gasteiger partial charge in [0, 0.05) is 13.0 Å². The van der Waals surface area contributed by atoms with Gasteiger partial charge < -0.3 is 20.1 Å². The van der Waals surface area contributed by atoms with E-state index in [9.17, 15) is 15.3 Å². The topological polar surface area (TPSA) is 69.9 Å². The predicted octanol–water partition coefficient (Wildman–Crippen LogP) is 4.55. The van der Waals surface area contributed by atoms with Crippen molar-refractivity contribution in [2.45, 2.75) is 90.4 Å². The highest BCUT2D eigenvalue weighted by atomic mass is 16.5. The zero-order chi connectivity index (χ0) is 22.1. The molecule has 1 unspecified atom stereocenters. The van der Waals surface area contributed by atoms with Crippen LogP contribution in [0.4, 0.5) is 0 Å². The average Bonchev–Trinajstić information content (AvgIpc) is 3.00. The molecule has 0 radical (unpaired) electrons. The lowest BCUT2D eigenvalue weighted by atomic mass is 9.61. The molecule has 3 saturated carbocycles. The largest absolute Gasteiger partial charge is 0.393 e. The second-order valence-electron chi connectivity index (χ2n) is 11.0. The van der Waals surface area contributed by atoms with E-state index in [0.717, 1.165) is 17.6 Å². The Morgan fingerprint density at radius 3 is 2.70 bits per heavy atom. The van der Waals surface area contributed by atoms with E-state index in [1.807, 2.05) is 0 Å². The van der Waals surface area contributed by atoms with Gasteiger partial charge in [-0.2, -0.15) is 0 Å². The Morgan fingerprint density at radius 1 is 1.27 bits per heavy atom. The van der Waals surface area contributed by atoms with Gasteiger partial charge in [-0.1, -0.05) is 38.2 Å². The van der Waals surface area contributed by atoms with Crippen LogP contribution in [-0.2, 0) is 4.74 Å². The zero-order valence-corrected chi connectivity index (χ0v) is 19.4. The van der Waals surface area contributed by atoms with Crippen molar-refractivity contribution in [1.82, 2.24) is 0 Å². The van der Waals surface area contributed by atoms with Crippen LogP contribution in [-0.4, -0.2) is 46.3 Å². The summed E-state index contributed by atoms with van der Waals surface area (Å²) >= 11 is 0. The van der Waals surface area contributed by atoms with Crippen LogP contribution in [0.1, 0.15) is 72.6 Å². The van der Waals surface area contributed by atoms with E-state index in [2.05, 4.69) is 32.6 Å². The van der Waals surface area contributed by atoms with Gasteiger partial charge in [0.15, 0.2) is 0 Å². The standard InChI is InChI=1S/C26H42O4/c1-17(15-30-16-25(3,4)29)22-10-11-23-19(7-6-12-26(22,23)5)8-9-20-13-21(27)14-24(28)18(20)2/h8-9,17,21-24,27-29H,2,6-7,10-16H2,1,3-5H3/b19-8-,20-9+/t17?,21-,22-,23+,24+,26-/m1/s1. The first-order chi connectivity index (χ1) is 14.0. The number of hydrogen-bond acceptors (Lipinski definition) is 4. The maximum absolute atomic E-state index is 10.1. The molecule has 0 bridgehead atoms. The van der Waals surface area contributed by atoms with E-state index >= 15 is 0 Å². The maximum atomic E-state index is 10.1. The fourth-order valence-corrected chi connectivity index (χ4v) is 6.29. The third kappa shape index (κ3) is 5.27. The highest BCUT2D eigenvalue weighted by Crippen LogP contribution is 2.59. The minimum atomic E-state index is -0.777. The van der Waals surface area contributed by atoms with Crippen molar-refractivity contribution in [3.63, 3.8) is 0 Å². The number of aliphatic hydroxyl groups excluding tert-OH is 2. The third-order valence-corrected chi connectivity index (χ3v) is 7.83.